The zero-order valence-electron chi connectivity index (χ0n) is 16.3. The Labute approximate surface area is 165 Å². The molecule has 0 aliphatic heterocycles. The molecule has 0 fully saturated rings. The van der Waals surface area contributed by atoms with Gasteiger partial charge in [-0.15, -0.1) is 0 Å². The molecule has 1 amide bonds. The molecule has 0 spiro atoms. The number of nitrogens with zero attached hydrogens (tertiary/aromatic N) is 3. The fraction of sp³-hybridized carbons (Fsp3) is 0.227. The number of hydrogen-bond donors (Lipinski definition) is 1. The van der Waals surface area contributed by atoms with E-state index in [0.29, 0.717) is 23.9 Å². The highest BCUT2D eigenvalue weighted by Crippen LogP contribution is 2.18. The molecule has 6 heteroatoms. The van der Waals surface area contributed by atoms with Crippen LogP contribution in [0.2, 0.25) is 0 Å². The predicted octanol–water partition coefficient (Wildman–Crippen LogP) is 3.72. The third-order valence-corrected chi connectivity index (χ3v) is 4.40. The normalized spacial score (nSPS) is 10.4. The maximum atomic E-state index is 12.8. The Balaban J connectivity index is 1.70. The topological polar surface area (TPSA) is 67.3 Å². The van der Waals surface area contributed by atoms with Crippen molar-refractivity contribution in [2.75, 3.05) is 30.9 Å². The average Bonchev–Trinajstić information content (AvgIpc) is 2.73. The second kappa shape index (κ2) is 8.99. The lowest BCUT2D eigenvalue weighted by atomic mass is 10.1. The molecule has 0 bridgehead atoms. The summed E-state index contributed by atoms with van der Waals surface area (Å²) in [5.74, 6) is 1.87. The fourth-order valence-electron chi connectivity index (χ4n) is 2.94. The van der Waals surface area contributed by atoms with E-state index in [1.165, 1.54) is 0 Å². The summed E-state index contributed by atoms with van der Waals surface area (Å²) in [5.41, 5.74) is 2.29. The van der Waals surface area contributed by atoms with Crippen LogP contribution in [-0.4, -0.2) is 36.6 Å². The number of rotatable bonds is 7. The van der Waals surface area contributed by atoms with E-state index < -0.39 is 0 Å². The van der Waals surface area contributed by atoms with Gasteiger partial charge in [0.05, 0.1) is 7.11 Å². The van der Waals surface area contributed by atoms with Gasteiger partial charge in [-0.1, -0.05) is 36.4 Å². The van der Waals surface area contributed by atoms with Gasteiger partial charge in [0.25, 0.3) is 5.91 Å². The van der Waals surface area contributed by atoms with Gasteiger partial charge in [-0.25, -0.2) is 9.97 Å². The molecule has 28 heavy (non-hydrogen) atoms. The van der Waals surface area contributed by atoms with Crippen LogP contribution in [0.1, 0.15) is 21.9 Å². The van der Waals surface area contributed by atoms with E-state index in [0.717, 1.165) is 23.4 Å². The molecule has 0 aliphatic rings. The first-order valence-electron chi connectivity index (χ1n) is 9.13. The van der Waals surface area contributed by atoms with E-state index in [4.69, 9.17) is 4.74 Å². The van der Waals surface area contributed by atoms with Crippen LogP contribution >= 0.6 is 0 Å². The molecular weight excluding hydrogens is 352 g/mol. The first kappa shape index (κ1) is 19.4. The Bertz CT molecular complexity index is 944. The Kier molecular flexibility index (Phi) is 6.22. The van der Waals surface area contributed by atoms with Crippen LogP contribution in [0, 0.1) is 6.92 Å². The molecule has 6 nitrogen and oxygen atoms in total. The monoisotopic (exact) mass is 376 g/mol. The molecule has 0 saturated heterocycles. The van der Waals surface area contributed by atoms with Gasteiger partial charge in [-0.3, -0.25) is 4.79 Å². The molecule has 0 aliphatic carbocycles. The van der Waals surface area contributed by atoms with Crippen LogP contribution in [0.15, 0.2) is 60.7 Å². The number of para-hydroxylation sites is 2. The van der Waals surface area contributed by atoms with E-state index in [-0.39, 0.29) is 5.91 Å². The van der Waals surface area contributed by atoms with Crippen LogP contribution < -0.4 is 15.0 Å². The van der Waals surface area contributed by atoms with Crippen LogP contribution in [0.3, 0.4) is 0 Å². The van der Waals surface area contributed by atoms with E-state index in [2.05, 4.69) is 15.3 Å². The van der Waals surface area contributed by atoms with Crippen molar-refractivity contribution < 1.29 is 9.53 Å². The molecule has 0 unspecified atom stereocenters. The lowest BCUT2D eigenvalue weighted by Gasteiger charge is -2.17. The van der Waals surface area contributed by atoms with Gasteiger partial charge in [0.1, 0.15) is 23.1 Å². The quantitative estimate of drug-likeness (QED) is 0.681. The number of carbonyl (C=O) groups excluding carboxylic acids is 1. The molecule has 1 heterocycles. The number of hydrogen-bond acceptors (Lipinski definition) is 5. The molecule has 1 N–H and O–H groups in total. The van der Waals surface area contributed by atoms with Crippen molar-refractivity contribution in [1.29, 1.82) is 0 Å². The number of aryl methyl sites for hydroxylation is 1. The van der Waals surface area contributed by atoms with E-state index in [1.54, 1.807) is 32.0 Å². The number of benzene rings is 2. The number of nitrogens with one attached hydrogen (secondary N) is 1. The van der Waals surface area contributed by atoms with Crippen molar-refractivity contribution in [2.45, 2.75) is 13.3 Å². The van der Waals surface area contributed by atoms with Gasteiger partial charge < -0.3 is 15.0 Å². The van der Waals surface area contributed by atoms with Gasteiger partial charge in [0.15, 0.2) is 0 Å². The maximum absolute atomic E-state index is 12.8. The SMILES string of the molecule is COc1ccccc1CCNc1cc(C(=O)N(C)c2ccccc2)nc(C)n1. The highest BCUT2D eigenvalue weighted by molar-refractivity contribution is 6.04. The van der Waals surface area contributed by atoms with E-state index in [9.17, 15) is 4.79 Å². The Hall–Kier alpha value is -3.41. The molecule has 144 valence electrons. The van der Waals surface area contributed by atoms with Crippen molar-refractivity contribution >= 4 is 17.4 Å². The van der Waals surface area contributed by atoms with Gasteiger partial charge in [0.2, 0.25) is 0 Å². The molecule has 0 radical (unpaired) electrons. The summed E-state index contributed by atoms with van der Waals surface area (Å²) < 4.78 is 5.38. The predicted molar refractivity (Wildman–Crippen MR) is 111 cm³/mol. The van der Waals surface area contributed by atoms with Crippen molar-refractivity contribution in [3.8, 4) is 5.75 Å². The van der Waals surface area contributed by atoms with Gasteiger partial charge in [-0.2, -0.15) is 0 Å². The largest absolute Gasteiger partial charge is 0.496 e. The van der Waals surface area contributed by atoms with Gasteiger partial charge >= 0.3 is 0 Å². The molecule has 0 atom stereocenters. The second-order valence-electron chi connectivity index (χ2n) is 6.37. The average molecular weight is 376 g/mol. The minimum Gasteiger partial charge on any atom is -0.496 e. The Morgan fingerprint density at radius 1 is 1.07 bits per heavy atom. The Morgan fingerprint density at radius 2 is 1.79 bits per heavy atom. The summed E-state index contributed by atoms with van der Waals surface area (Å²) in [5, 5.41) is 3.28. The van der Waals surface area contributed by atoms with E-state index in [1.807, 2.05) is 54.6 Å². The first-order chi connectivity index (χ1) is 13.6. The smallest absolute Gasteiger partial charge is 0.276 e. The maximum Gasteiger partial charge on any atom is 0.276 e. The Morgan fingerprint density at radius 3 is 2.54 bits per heavy atom. The molecule has 0 saturated carbocycles. The number of anilines is 2. The van der Waals surface area contributed by atoms with Gasteiger partial charge in [-0.05, 0) is 37.1 Å². The standard InChI is InChI=1S/C22H24N4O2/c1-16-24-19(22(27)26(2)18-10-5-4-6-11-18)15-21(25-16)23-14-13-17-9-7-8-12-20(17)28-3/h4-12,15H,13-14H2,1-3H3,(H,23,24,25). The minimum atomic E-state index is -0.176. The number of carbonyl (C=O) groups is 1. The van der Waals surface area contributed by atoms with Crippen LogP contribution in [0.4, 0.5) is 11.5 Å². The molecule has 3 aromatic rings. The van der Waals surface area contributed by atoms with Crippen molar-refractivity contribution in [3.63, 3.8) is 0 Å². The van der Waals surface area contributed by atoms with Crippen LogP contribution in [-0.2, 0) is 6.42 Å². The number of amides is 1. The second-order valence-corrected chi connectivity index (χ2v) is 6.37. The molecule has 2 aromatic carbocycles. The van der Waals surface area contributed by atoms with Gasteiger partial charge in [0, 0.05) is 25.3 Å². The number of ether oxygens (including phenoxy) is 1. The zero-order chi connectivity index (χ0) is 19.9. The van der Waals surface area contributed by atoms with Crippen molar-refractivity contribution in [2.24, 2.45) is 0 Å². The summed E-state index contributed by atoms with van der Waals surface area (Å²) in [6.07, 6.45) is 0.778. The van der Waals surface area contributed by atoms with Crippen LogP contribution in [0.25, 0.3) is 0 Å². The zero-order valence-corrected chi connectivity index (χ0v) is 16.3. The van der Waals surface area contributed by atoms with Crippen molar-refractivity contribution in [3.05, 3.63) is 77.7 Å². The lowest BCUT2D eigenvalue weighted by molar-refractivity contribution is 0.0988. The van der Waals surface area contributed by atoms with Crippen molar-refractivity contribution in [1.82, 2.24) is 9.97 Å². The van der Waals surface area contributed by atoms with Crippen LogP contribution in [0.5, 0.6) is 5.75 Å². The third-order valence-electron chi connectivity index (χ3n) is 4.40. The third kappa shape index (κ3) is 4.65. The summed E-state index contributed by atoms with van der Waals surface area (Å²) >= 11 is 0. The van der Waals surface area contributed by atoms with E-state index >= 15 is 0 Å². The fourth-order valence-corrected chi connectivity index (χ4v) is 2.94. The number of aromatic nitrogens is 2. The molecule has 1 aromatic heterocycles. The minimum absolute atomic E-state index is 0.176. The highest BCUT2D eigenvalue weighted by Gasteiger charge is 2.16. The lowest BCUT2D eigenvalue weighted by Crippen LogP contribution is -2.27. The molecule has 3 rings (SSSR count). The molecular formula is C22H24N4O2. The number of methoxy groups -OCH3 is 1. The summed E-state index contributed by atoms with van der Waals surface area (Å²) in [7, 11) is 3.41. The summed E-state index contributed by atoms with van der Waals surface area (Å²) in [6.45, 7) is 2.45. The summed E-state index contributed by atoms with van der Waals surface area (Å²) in [4.78, 5) is 23.1. The summed E-state index contributed by atoms with van der Waals surface area (Å²) in [6, 6.07) is 19.1. The first-order valence-corrected chi connectivity index (χ1v) is 9.13. The highest BCUT2D eigenvalue weighted by atomic mass is 16.5.